The van der Waals surface area contributed by atoms with E-state index in [9.17, 15) is 14.7 Å². The Kier molecular flexibility index (Phi) is 4.59. The zero-order valence-electron chi connectivity index (χ0n) is 10.8. The molecule has 7 nitrogen and oxygen atoms in total. The van der Waals surface area contributed by atoms with Gasteiger partial charge in [-0.25, -0.2) is 4.79 Å². The zero-order chi connectivity index (χ0) is 14.9. The van der Waals surface area contributed by atoms with Crippen LogP contribution in [0.25, 0.3) is 6.08 Å². The zero-order valence-corrected chi connectivity index (χ0v) is 12.4. The Labute approximate surface area is 122 Å². The Hall–Kier alpha value is -1.22. The lowest BCUT2D eigenvalue weighted by Crippen LogP contribution is -2.40. The molecule has 0 bridgehead atoms. The number of halogens is 1. The molecule has 3 atom stereocenters. The van der Waals surface area contributed by atoms with E-state index in [-0.39, 0.29) is 13.0 Å². The van der Waals surface area contributed by atoms with Crippen molar-refractivity contribution in [1.82, 2.24) is 9.13 Å². The Morgan fingerprint density at radius 2 is 2.25 bits per heavy atom. The van der Waals surface area contributed by atoms with Gasteiger partial charge in [-0.05, 0) is 11.1 Å². The number of nitrogens with zero attached hydrogens (tertiary/aromatic N) is 2. The molecule has 2 rings (SSSR count). The molecule has 8 heteroatoms. The van der Waals surface area contributed by atoms with Gasteiger partial charge in [-0.3, -0.25) is 13.9 Å². The second-order valence-corrected chi connectivity index (χ2v) is 5.07. The van der Waals surface area contributed by atoms with Crippen LogP contribution in [-0.4, -0.2) is 38.2 Å². The van der Waals surface area contributed by atoms with Crippen LogP contribution in [-0.2, 0) is 11.8 Å². The molecule has 0 aliphatic carbocycles. The van der Waals surface area contributed by atoms with Gasteiger partial charge in [0, 0.05) is 19.7 Å². The molecule has 1 aliphatic heterocycles. The lowest BCUT2D eigenvalue weighted by atomic mass is 10.2. The number of aliphatic hydroxyl groups excluding tert-OH is 2. The predicted octanol–water partition coefficient (Wildman–Crippen LogP) is -0.447. The average Bonchev–Trinajstić information content (AvgIpc) is 2.80. The largest absolute Gasteiger partial charge is 0.394 e. The minimum Gasteiger partial charge on any atom is -0.394 e. The molecule has 0 amide bonds. The van der Waals surface area contributed by atoms with E-state index < -0.39 is 29.7 Å². The van der Waals surface area contributed by atoms with Crippen LogP contribution in [0.2, 0.25) is 0 Å². The lowest BCUT2D eigenvalue weighted by Gasteiger charge is -2.16. The van der Waals surface area contributed by atoms with E-state index in [0.717, 1.165) is 4.57 Å². The summed E-state index contributed by atoms with van der Waals surface area (Å²) < 4.78 is 7.66. The Balaban J connectivity index is 2.48. The highest BCUT2D eigenvalue weighted by molar-refractivity contribution is 9.11. The van der Waals surface area contributed by atoms with E-state index in [1.807, 2.05) is 0 Å². The number of rotatable bonds is 3. The topological polar surface area (TPSA) is 93.7 Å². The van der Waals surface area contributed by atoms with Crippen molar-refractivity contribution in [1.29, 1.82) is 0 Å². The van der Waals surface area contributed by atoms with Crippen LogP contribution in [0.3, 0.4) is 0 Å². The van der Waals surface area contributed by atoms with Crippen LogP contribution in [0.5, 0.6) is 0 Å². The average molecular weight is 347 g/mol. The van der Waals surface area contributed by atoms with Crippen molar-refractivity contribution in [3.8, 4) is 0 Å². The Bertz CT molecular complexity index is 636. The molecule has 0 unspecified atom stereocenters. The Morgan fingerprint density at radius 1 is 1.55 bits per heavy atom. The monoisotopic (exact) mass is 346 g/mol. The molecule has 2 heterocycles. The molecule has 1 aromatic rings. The lowest BCUT2D eigenvalue weighted by molar-refractivity contribution is -0.0462. The summed E-state index contributed by atoms with van der Waals surface area (Å²) in [6.45, 7) is -0.327. The van der Waals surface area contributed by atoms with E-state index in [0.29, 0.717) is 5.56 Å². The van der Waals surface area contributed by atoms with Crippen LogP contribution in [0, 0.1) is 0 Å². The minimum atomic E-state index is -0.843. The molecule has 1 saturated heterocycles. The molecule has 0 aromatic carbocycles. The van der Waals surface area contributed by atoms with Crippen molar-refractivity contribution in [3.05, 3.63) is 37.6 Å². The summed E-state index contributed by atoms with van der Waals surface area (Å²) in [6, 6.07) is 0. The van der Waals surface area contributed by atoms with E-state index in [2.05, 4.69) is 15.9 Å². The third-order valence-corrected chi connectivity index (χ3v) is 3.54. The molecular weight excluding hydrogens is 332 g/mol. The Morgan fingerprint density at radius 3 is 2.80 bits per heavy atom. The molecule has 0 radical (unpaired) electrons. The fraction of sp³-hybridized carbons (Fsp3) is 0.500. The number of ether oxygens (including phenoxy) is 1. The van der Waals surface area contributed by atoms with Gasteiger partial charge in [0.2, 0.25) is 0 Å². The van der Waals surface area contributed by atoms with E-state index in [4.69, 9.17) is 9.84 Å². The van der Waals surface area contributed by atoms with Crippen LogP contribution in [0.4, 0.5) is 0 Å². The quantitative estimate of drug-likeness (QED) is 0.773. The maximum atomic E-state index is 12.1. The first-order valence-corrected chi connectivity index (χ1v) is 6.94. The summed E-state index contributed by atoms with van der Waals surface area (Å²) >= 11 is 3.08. The highest BCUT2D eigenvalue weighted by atomic mass is 79.9. The molecule has 1 fully saturated rings. The van der Waals surface area contributed by atoms with Crippen molar-refractivity contribution in [2.75, 3.05) is 6.61 Å². The van der Waals surface area contributed by atoms with Gasteiger partial charge in [0.1, 0.15) is 12.3 Å². The normalized spacial score (nSPS) is 26.5. The third kappa shape index (κ3) is 2.64. The number of aromatic nitrogens is 2. The van der Waals surface area contributed by atoms with Crippen molar-refractivity contribution >= 4 is 22.0 Å². The van der Waals surface area contributed by atoms with Crippen molar-refractivity contribution in [2.24, 2.45) is 7.05 Å². The first-order chi connectivity index (χ1) is 9.49. The smallest absolute Gasteiger partial charge is 0.332 e. The summed E-state index contributed by atoms with van der Waals surface area (Å²) in [7, 11) is 1.38. The number of aliphatic hydroxyl groups is 2. The summed E-state index contributed by atoms with van der Waals surface area (Å²) in [6.07, 6.45) is 0.820. The van der Waals surface area contributed by atoms with Crippen LogP contribution in [0.15, 0.2) is 20.8 Å². The molecule has 0 saturated carbocycles. The van der Waals surface area contributed by atoms with Gasteiger partial charge in [-0.15, -0.1) is 0 Å². The minimum absolute atomic E-state index is 0.181. The van der Waals surface area contributed by atoms with Crippen LogP contribution in [0.1, 0.15) is 18.2 Å². The third-order valence-electron chi connectivity index (χ3n) is 3.27. The fourth-order valence-corrected chi connectivity index (χ4v) is 2.44. The molecule has 1 aromatic heterocycles. The summed E-state index contributed by atoms with van der Waals surface area (Å²) in [5.74, 6) is 0. The highest BCUT2D eigenvalue weighted by Crippen LogP contribution is 2.27. The molecule has 0 spiro atoms. The molecule has 110 valence electrons. The molecular formula is C12H15BrN2O5. The summed E-state index contributed by atoms with van der Waals surface area (Å²) in [5, 5.41) is 18.8. The summed E-state index contributed by atoms with van der Waals surface area (Å²) in [5.41, 5.74) is -0.633. The van der Waals surface area contributed by atoms with Crippen molar-refractivity contribution < 1.29 is 14.9 Å². The van der Waals surface area contributed by atoms with Gasteiger partial charge in [-0.1, -0.05) is 15.9 Å². The van der Waals surface area contributed by atoms with E-state index in [1.165, 1.54) is 28.9 Å². The van der Waals surface area contributed by atoms with E-state index in [1.54, 1.807) is 0 Å². The van der Waals surface area contributed by atoms with Gasteiger partial charge < -0.3 is 14.9 Å². The van der Waals surface area contributed by atoms with Gasteiger partial charge >= 0.3 is 5.69 Å². The van der Waals surface area contributed by atoms with Gasteiger partial charge in [0.05, 0.1) is 18.3 Å². The molecule has 1 aliphatic rings. The second kappa shape index (κ2) is 6.04. The standard InChI is InChI=1S/C12H15BrN2O5/c1-14-11(18)7(2-3-13)5-15(12(14)19)10-4-8(17)9(6-16)20-10/h2-3,5,8-10,16-17H,4,6H2,1H3/t8-,9+,10+/m0/s1. The number of hydrogen-bond acceptors (Lipinski definition) is 5. The highest BCUT2D eigenvalue weighted by Gasteiger charge is 2.35. The molecule has 20 heavy (non-hydrogen) atoms. The van der Waals surface area contributed by atoms with Gasteiger partial charge in [0.15, 0.2) is 0 Å². The van der Waals surface area contributed by atoms with Crippen LogP contribution < -0.4 is 11.2 Å². The van der Waals surface area contributed by atoms with Gasteiger partial charge in [-0.2, -0.15) is 0 Å². The first kappa shape index (κ1) is 15.2. The molecule has 2 N–H and O–H groups in total. The van der Waals surface area contributed by atoms with Crippen molar-refractivity contribution in [3.63, 3.8) is 0 Å². The fourth-order valence-electron chi connectivity index (χ4n) is 2.15. The maximum absolute atomic E-state index is 12.1. The second-order valence-electron chi connectivity index (χ2n) is 4.55. The maximum Gasteiger partial charge on any atom is 0.332 e. The van der Waals surface area contributed by atoms with Crippen LogP contribution >= 0.6 is 15.9 Å². The predicted molar refractivity (Wildman–Crippen MR) is 75.5 cm³/mol. The first-order valence-electron chi connectivity index (χ1n) is 6.03. The number of hydrogen-bond donors (Lipinski definition) is 2. The van der Waals surface area contributed by atoms with Gasteiger partial charge in [0.25, 0.3) is 5.56 Å². The van der Waals surface area contributed by atoms with Crippen molar-refractivity contribution in [2.45, 2.75) is 24.9 Å². The SMILES string of the molecule is Cn1c(=O)c(C=CBr)cn([C@H]2C[C@H](O)[C@@H](CO)O2)c1=O. The summed E-state index contributed by atoms with van der Waals surface area (Å²) in [4.78, 5) is 25.5. The van der Waals surface area contributed by atoms with E-state index >= 15 is 0 Å².